The Balaban J connectivity index is 1.62. The van der Waals surface area contributed by atoms with Gasteiger partial charge in [0.25, 0.3) is 5.91 Å². The highest BCUT2D eigenvalue weighted by atomic mass is 79.9. The number of nitrogens with zero attached hydrogens (tertiary/aromatic N) is 2. The van der Waals surface area contributed by atoms with Gasteiger partial charge in [-0.3, -0.25) is 14.5 Å². The second kappa shape index (κ2) is 6.54. The van der Waals surface area contributed by atoms with Crippen LogP contribution in [-0.4, -0.2) is 29.5 Å². The zero-order valence-electron chi connectivity index (χ0n) is 11.8. The molecule has 2 heterocycles. The maximum atomic E-state index is 11.9. The van der Waals surface area contributed by atoms with Crippen molar-refractivity contribution in [3.05, 3.63) is 39.0 Å². The number of pyridine rings is 1. The summed E-state index contributed by atoms with van der Waals surface area (Å²) in [5.41, 5.74) is 1.01. The lowest BCUT2D eigenvalue weighted by Gasteiger charge is -2.08. The molecule has 1 aliphatic carbocycles. The zero-order chi connectivity index (χ0) is 16.4. The maximum Gasteiger partial charge on any atom is 0.280 e. The number of thiazole rings is 1. The third kappa shape index (κ3) is 4.27. The lowest BCUT2D eigenvalue weighted by molar-refractivity contribution is 0.0950. The van der Waals surface area contributed by atoms with Crippen molar-refractivity contribution in [2.75, 3.05) is 4.72 Å². The van der Waals surface area contributed by atoms with E-state index in [4.69, 9.17) is 0 Å². The van der Waals surface area contributed by atoms with Crippen LogP contribution < -0.4 is 10.0 Å². The van der Waals surface area contributed by atoms with Crippen LogP contribution in [0.1, 0.15) is 28.3 Å². The van der Waals surface area contributed by atoms with E-state index in [0.717, 1.165) is 3.79 Å². The third-order valence-corrected chi connectivity index (χ3v) is 6.49. The Morgan fingerprint density at radius 3 is 2.83 bits per heavy atom. The lowest BCUT2D eigenvalue weighted by atomic mass is 10.3. The molecule has 7 nitrogen and oxygen atoms in total. The average Bonchev–Trinajstić information content (AvgIpc) is 3.28. The SMILES string of the molecule is O=C(NCc1cc(NS(=O)(=O)C2CC2)ccn1)c1ncc(Br)s1. The van der Waals surface area contributed by atoms with E-state index in [1.54, 1.807) is 18.3 Å². The van der Waals surface area contributed by atoms with Crippen LogP contribution in [0.15, 0.2) is 28.3 Å². The molecule has 1 saturated carbocycles. The zero-order valence-corrected chi connectivity index (χ0v) is 15.0. The Hall–Kier alpha value is -1.52. The highest BCUT2D eigenvalue weighted by molar-refractivity contribution is 9.11. The van der Waals surface area contributed by atoms with E-state index in [1.807, 2.05) is 0 Å². The Labute approximate surface area is 145 Å². The van der Waals surface area contributed by atoms with Gasteiger partial charge < -0.3 is 5.32 Å². The first-order valence-electron chi connectivity index (χ1n) is 6.80. The van der Waals surface area contributed by atoms with Gasteiger partial charge >= 0.3 is 0 Å². The molecule has 10 heteroatoms. The number of hydrogen-bond donors (Lipinski definition) is 2. The van der Waals surface area contributed by atoms with Crippen molar-refractivity contribution in [1.29, 1.82) is 0 Å². The second-order valence-corrected chi connectivity index (χ2v) is 9.41. The minimum Gasteiger partial charge on any atom is -0.344 e. The summed E-state index contributed by atoms with van der Waals surface area (Å²) in [4.78, 5) is 20.0. The van der Waals surface area contributed by atoms with Crippen molar-refractivity contribution < 1.29 is 13.2 Å². The predicted octanol–water partition coefficient (Wildman–Crippen LogP) is 2.13. The van der Waals surface area contributed by atoms with Crippen LogP contribution >= 0.6 is 27.3 Å². The lowest BCUT2D eigenvalue weighted by Crippen LogP contribution is -2.23. The number of halogens is 1. The van der Waals surface area contributed by atoms with E-state index >= 15 is 0 Å². The van der Waals surface area contributed by atoms with Gasteiger partial charge in [-0.15, -0.1) is 11.3 Å². The molecule has 0 unspecified atom stereocenters. The van der Waals surface area contributed by atoms with E-state index in [9.17, 15) is 13.2 Å². The van der Waals surface area contributed by atoms with Crippen LogP contribution in [0.5, 0.6) is 0 Å². The highest BCUT2D eigenvalue weighted by Gasteiger charge is 2.35. The van der Waals surface area contributed by atoms with Crippen LogP contribution in [-0.2, 0) is 16.6 Å². The monoisotopic (exact) mass is 416 g/mol. The number of anilines is 1. The van der Waals surface area contributed by atoms with Gasteiger partial charge in [0.15, 0.2) is 5.01 Å². The van der Waals surface area contributed by atoms with Gasteiger partial charge in [-0.25, -0.2) is 13.4 Å². The molecule has 2 aromatic rings. The molecule has 0 bridgehead atoms. The molecule has 3 rings (SSSR count). The number of sulfonamides is 1. The highest BCUT2D eigenvalue weighted by Crippen LogP contribution is 2.29. The molecule has 0 radical (unpaired) electrons. The molecule has 0 spiro atoms. The van der Waals surface area contributed by atoms with Crippen LogP contribution in [0.3, 0.4) is 0 Å². The fraction of sp³-hybridized carbons (Fsp3) is 0.308. The van der Waals surface area contributed by atoms with Crippen molar-refractivity contribution in [3.8, 4) is 0 Å². The number of aromatic nitrogens is 2. The summed E-state index contributed by atoms with van der Waals surface area (Å²) in [6.45, 7) is 0.190. The van der Waals surface area contributed by atoms with Crippen LogP contribution in [0.2, 0.25) is 0 Å². The Bertz CT molecular complexity index is 833. The van der Waals surface area contributed by atoms with Gasteiger partial charge in [0, 0.05) is 6.20 Å². The molecule has 2 N–H and O–H groups in total. The van der Waals surface area contributed by atoms with Gasteiger partial charge in [0.2, 0.25) is 10.0 Å². The summed E-state index contributed by atoms with van der Waals surface area (Å²) in [5, 5.41) is 2.76. The minimum atomic E-state index is -3.31. The molecular weight excluding hydrogens is 404 g/mol. The molecule has 2 aromatic heterocycles. The average molecular weight is 417 g/mol. The summed E-state index contributed by atoms with van der Waals surface area (Å²) in [6, 6.07) is 3.20. The van der Waals surface area contributed by atoms with E-state index in [0.29, 0.717) is 29.2 Å². The topological polar surface area (TPSA) is 101 Å². The summed E-state index contributed by atoms with van der Waals surface area (Å²) < 4.78 is 27.2. The summed E-state index contributed by atoms with van der Waals surface area (Å²) >= 11 is 4.48. The van der Waals surface area contributed by atoms with Gasteiger partial charge in [-0.1, -0.05) is 0 Å². The largest absolute Gasteiger partial charge is 0.344 e. The van der Waals surface area contributed by atoms with Crippen LogP contribution in [0.25, 0.3) is 0 Å². The van der Waals surface area contributed by atoms with Gasteiger partial charge in [0.1, 0.15) is 0 Å². The molecule has 0 aliphatic heterocycles. The Morgan fingerprint density at radius 2 is 2.17 bits per heavy atom. The molecule has 0 aromatic carbocycles. The molecule has 1 fully saturated rings. The third-order valence-electron chi connectivity index (χ3n) is 3.14. The summed E-state index contributed by atoms with van der Waals surface area (Å²) in [5.74, 6) is -0.300. The van der Waals surface area contributed by atoms with Crippen molar-refractivity contribution >= 4 is 48.9 Å². The molecule has 0 saturated heterocycles. The minimum absolute atomic E-state index is 0.190. The quantitative estimate of drug-likeness (QED) is 0.750. The normalized spacial score (nSPS) is 14.5. The number of nitrogens with one attached hydrogen (secondary N) is 2. The fourth-order valence-corrected chi connectivity index (χ4v) is 4.37. The number of rotatable bonds is 6. The molecule has 23 heavy (non-hydrogen) atoms. The number of amides is 1. The molecule has 122 valence electrons. The Morgan fingerprint density at radius 1 is 1.39 bits per heavy atom. The van der Waals surface area contributed by atoms with Crippen molar-refractivity contribution in [3.63, 3.8) is 0 Å². The maximum absolute atomic E-state index is 11.9. The number of carbonyl (C=O) groups is 1. The van der Waals surface area contributed by atoms with Gasteiger partial charge in [-0.2, -0.15) is 0 Å². The molecule has 1 aliphatic rings. The summed E-state index contributed by atoms with van der Waals surface area (Å²) in [7, 11) is -3.31. The molecule has 0 atom stereocenters. The number of hydrogen-bond acceptors (Lipinski definition) is 6. The van der Waals surface area contributed by atoms with Gasteiger partial charge in [-0.05, 0) is 40.9 Å². The smallest absolute Gasteiger partial charge is 0.280 e. The van der Waals surface area contributed by atoms with E-state index in [2.05, 4.69) is 35.9 Å². The first-order valence-corrected chi connectivity index (χ1v) is 9.96. The first kappa shape index (κ1) is 16.3. The van der Waals surface area contributed by atoms with E-state index < -0.39 is 10.0 Å². The standard InChI is InChI=1S/C13H13BrN4O3S2/c14-11-7-17-13(22-11)12(19)16-6-9-5-8(3-4-15-9)18-23(20,21)10-1-2-10/h3-5,7,10H,1-2,6H2,(H,15,18)(H,16,19). The first-order chi connectivity index (χ1) is 10.9. The summed E-state index contributed by atoms with van der Waals surface area (Å²) in [6.07, 6.45) is 4.47. The molecule has 1 amide bonds. The van der Waals surface area contributed by atoms with Crippen molar-refractivity contribution in [2.24, 2.45) is 0 Å². The number of carbonyl (C=O) groups excluding carboxylic acids is 1. The van der Waals surface area contributed by atoms with Crippen LogP contribution in [0.4, 0.5) is 5.69 Å². The molecular formula is C13H13BrN4O3S2. The fourth-order valence-electron chi connectivity index (χ4n) is 1.87. The second-order valence-electron chi connectivity index (χ2n) is 5.03. The van der Waals surface area contributed by atoms with Gasteiger partial charge in [0.05, 0.1) is 33.2 Å². The van der Waals surface area contributed by atoms with Crippen molar-refractivity contribution in [1.82, 2.24) is 15.3 Å². The predicted molar refractivity (Wildman–Crippen MR) is 90.8 cm³/mol. The van der Waals surface area contributed by atoms with Crippen LogP contribution in [0, 0.1) is 0 Å². The van der Waals surface area contributed by atoms with E-state index in [1.165, 1.54) is 17.5 Å². The van der Waals surface area contributed by atoms with Crippen molar-refractivity contribution in [2.45, 2.75) is 24.6 Å². The van der Waals surface area contributed by atoms with E-state index in [-0.39, 0.29) is 17.7 Å². The Kier molecular flexibility index (Phi) is 4.64.